The maximum Gasteiger partial charge on any atom is 0.119 e. The Morgan fingerprint density at radius 3 is 2.43 bits per heavy atom. The molecule has 1 rings (SSSR count). The van der Waals surface area contributed by atoms with Gasteiger partial charge in [0.15, 0.2) is 0 Å². The van der Waals surface area contributed by atoms with Crippen molar-refractivity contribution < 1.29 is 4.74 Å². The van der Waals surface area contributed by atoms with E-state index in [2.05, 4.69) is 50.4 Å². The Labute approximate surface area is 131 Å². The summed E-state index contributed by atoms with van der Waals surface area (Å²) in [5, 5.41) is 3.52. The van der Waals surface area contributed by atoms with E-state index in [1.54, 1.807) is 0 Å². The van der Waals surface area contributed by atoms with Crippen LogP contribution < -0.4 is 10.1 Å². The van der Waals surface area contributed by atoms with Gasteiger partial charge >= 0.3 is 0 Å². The van der Waals surface area contributed by atoms with Crippen molar-refractivity contribution in [3.05, 3.63) is 29.8 Å². The number of hydrogen-bond acceptors (Lipinski definition) is 2. The molecule has 0 bridgehead atoms. The molecule has 0 aliphatic rings. The number of aryl methyl sites for hydroxylation is 1. The Kier molecular flexibility index (Phi) is 9.98. The summed E-state index contributed by atoms with van der Waals surface area (Å²) in [5.74, 6) is 1.01. The molecular formula is C19H33NO. The Morgan fingerprint density at radius 1 is 1.00 bits per heavy atom. The topological polar surface area (TPSA) is 21.3 Å². The number of rotatable bonds is 12. The van der Waals surface area contributed by atoms with Gasteiger partial charge < -0.3 is 10.1 Å². The molecule has 0 saturated heterocycles. The summed E-state index contributed by atoms with van der Waals surface area (Å²) in [7, 11) is 0. The number of hydrogen-bond donors (Lipinski definition) is 1. The zero-order valence-electron chi connectivity index (χ0n) is 14.2. The Hall–Kier alpha value is -1.02. The second-order valence-corrected chi connectivity index (χ2v) is 5.95. The number of unbranched alkanes of at least 4 members (excludes halogenated alkanes) is 2. The molecule has 21 heavy (non-hydrogen) atoms. The van der Waals surface area contributed by atoms with Crippen molar-refractivity contribution in [2.75, 3.05) is 13.2 Å². The van der Waals surface area contributed by atoms with Crippen molar-refractivity contribution in [3.63, 3.8) is 0 Å². The van der Waals surface area contributed by atoms with Crippen molar-refractivity contribution in [1.29, 1.82) is 0 Å². The molecule has 0 spiro atoms. The van der Waals surface area contributed by atoms with Gasteiger partial charge in [-0.2, -0.15) is 0 Å². The molecule has 2 nitrogen and oxygen atoms in total. The second-order valence-electron chi connectivity index (χ2n) is 5.95. The summed E-state index contributed by atoms with van der Waals surface area (Å²) in [5.41, 5.74) is 1.42. The zero-order chi connectivity index (χ0) is 15.3. The summed E-state index contributed by atoms with van der Waals surface area (Å²) in [6.07, 6.45) is 8.51. The summed E-state index contributed by atoms with van der Waals surface area (Å²) in [6.45, 7) is 8.67. The van der Waals surface area contributed by atoms with Crippen LogP contribution in [0, 0.1) is 0 Å². The van der Waals surface area contributed by atoms with Gasteiger partial charge in [-0.15, -0.1) is 0 Å². The fraction of sp³-hybridized carbons (Fsp3) is 0.684. The van der Waals surface area contributed by atoms with Crippen LogP contribution >= 0.6 is 0 Å². The van der Waals surface area contributed by atoms with E-state index in [1.165, 1.54) is 44.1 Å². The maximum absolute atomic E-state index is 5.81. The minimum atomic E-state index is 0.628. The standard InChI is InChI=1S/C19H33NO/c1-4-6-10-18-11-13-19(14-12-18)21-16-8-7-9-17(3)20-15-5-2/h11-14,17,20H,4-10,15-16H2,1-3H3. The van der Waals surface area contributed by atoms with Gasteiger partial charge in [-0.25, -0.2) is 0 Å². The van der Waals surface area contributed by atoms with E-state index in [9.17, 15) is 0 Å². The van der Waals surface area contributed by atoms with Crippen molar-refractivity contribution in [2.45, 2.75) is 71.8 Å². The molecule has 0 aromatic heterocycles. The third kappa shape index (κ3) is 8.77. The molecule has 1 aromatic rings. The highest BCUT2D eigenvalue weighted by molar-refractivity contribution is 5.27. The van der Waals surface area contributed by atoms with Crippen LogP contribution in [0.3, 0.4) is 0 Å². The molecule has 1 aromatic carbocycles. The van der Waals surface area contributed by atoms with Gasteiger partial charge in [0, 0.05) is 6.04 Å². The van der Waals surface area contributed by atoms with Crippen LogP contribution in [-0.4, -0.2) is 19.2 Å². The predicted molar refractivity (Wildman–Crippen MR) is 92.2 cm³/mol. The average Bonchev–Trinajstić information content (AvgIpc) is 2.51. The quantitative estimate of drug-likeness (QED) is 0.549. The van der Waals surface area contributed by atoms with Crippen LogP contribution in [0.2, 0.25) is 0 Å². The number of ether oxygens (including phenoxy) is 1. The second kappa shape index (κ2) is 11.6. The van der Waals surface area contributed by atoms with E-state index in [0.29, 0.717) is 6.04 Å². The van der Waals surface area contributed by atoms with E-state index in [1.807, 2.05) is 0 Å². The lowest BCUT2D eigenvalue weighted by molar-refractivity contribution is 0.301. The van der Waals surface area contributed by atoms with Crippen molar-refractivity contribution in [1.82, 2.24) is 5.32 Å². The van der Waals surface area contributed by atoms with Gasteiger partial charge in [-0.05, 0) is 69.7 Å². The molecule has 2 heteroatoms. The highest BCUT2D eigenvalue weighted by atomic mass is 16.5. The largest absolute Gasteiger partial charge is 0.494 e. The van der Waals surface area contributed by atoms with E-state index >= 15 is 0 Å². The molecule has 0 heterocycles. The summed E-state index contributed by atoms with van der Waals surface area (Å²) >= 11 is 0. The fourth-order valence-electron chi connectivity index (χ4n) is 2.37. The lowest BCUT2D eigenvalue weighted by atomic mass is 10.1. The Morgan fingerprint density at radius 2 is 1.76 bits per heavy atom. The normalized spacial score (nSPS) is 12.3. The molecule has 1 atom stereocenters. The monoisotopic (exact) mass is 291 g/mol. The average molecular weight is 291 g/mol. The molecule has 1 N–H and O–H groups in total. The molecule has 0 radical (unpaired) electrons. The zero-order valence-corrected chi connectivity index (χ0v) is 14.2. The molecule has 0 fully saturated rings. The van der Waals surface area contributed by atoms with E-state index in [0.717, 1.165) is 25.3 Å². The minimum absolute atomic E-state index is 0.628. The molecule has 0 amide bonds. The molecular weight excluding hydrogens is 258 g/mol. The first-order valence-electron chi connectivity index (χ1n) is 8.71. The van der Waals surface area contributed by atoms with Crippen LogP contribution in [0.25, 0.3) is 0 Å². The predicted octanol–water partition coefficient (Wildman–Crippen LogP) is 4.97. The van der Waals surface area contributed by atoms with E-state index < -0.39 is 0 Å². The Balaban J connectivity index is 2.09. The van der Waals surface area contributed by atoms with E-state index in [-0.39, 0.29) is 0 Å². The molecule has 0 aliphatic heterocycles. The number of benzene rings is 1. The van der Waals surface area contributed by atoms with Crippen LogP contribution in [-0.2, 0) is 6.42 Å². The van der Waals surface area contributed by atoms with Crippen molar-refractivity contribution in [2.24, 2.45) is 0 Å². The van der Waals surface area contributed by atoms with Gasteiger partial charge in [0.1, 0.15) is 5.75 Å². The van der Waals surface area contributed by atoms with Gasteiger partial charge in [0.2, 0.25) is 0 Å². The first-order valence-corrected chi connectivity index (χ1v) is 8.71. The first-order chi connectivity index (χ1) is 10.3. The van der Waals surface area contributed by atoms with Gasteiger partial charge in [0.05, 0.1) is 6.61 Å². The molecule has 0 saturated carbocycles. The Bertz CT molecular complexity index is 347. The van der Waals surface area contributed by atoms with Gasteiger partial charge in [-0.3, -0.25) is 0 Å². The van der Waals surface area contributed by atoms with Crippen LogP contribution in [0.15, 0.2) is 24.3 Å². The highest BCUT2D eigenvalue weighted by Gasteiger charge is 2.00. The third-order valence-corrected chi connectivity index (χ3v) is 3.79. The van der Waals surface area contributed by atoms with Crippen LogP contribution in [0.1, 0.15) is 64.9 Å². The van der Waals surface area contributed by atoms with Gasteiger partial charge in [-0.1, -0.05) is 32.4 Å². The van der Waals surface area contributed by atoms with Crippen LogP contribution in [0.4, 0.5) is 0 Å². The first kappa shape index (κ1) is 18.0. The van der Waals surface area contributed by atoms with E-state index in [4.69, 9.17) is 4.74 Å². The third-order valence-electron chi connectivity index (χ3n) is 3.79. The summed E-state index contributed by atoms with van der Waals surface area (Å²) in [6, 6.07) is 9.24. The lowest BCUT2D eigenvalue weighted by Gasteiger charge is -2.13. The SMILES string of the molecule is CCCCc1ccc(OCCCCC(C)NCCC)cc1. The molecule has 120 valence electrons. The smallest absolute Gasteiger partial charge is 0.119 e. The van der Waals surface area contributed by atoms with Crippen LogP contribution in [0.5, 0.6) is 5.75 Å². The summed E-state index contributed by atoms with van der Waals surface area (Å²) in [4.78, 5) is 0. The lowest BCUT2D eigenvalue weighted by Crippen LogP contribution is -2.26. The fourth-order valence-corrected chi connectivity index (χ4v) is 2.37. The number of nitrogens with one attached hydrogen (secondary N) is 1. The van der Waals surface area contributed by atoms with Crippen molar-refractivity contribution >= 4 is 0 Å². The highest BCUT2D eigenvalue weighted by Crippen LogP contribution is 2.14. The molecule has 0 aliphatic carbocycles. The van der Waals surface area contributed by atoms with Gasteiger partial charge in [0.25, 0.3) is 0 Å². The van der Waals surface area contributed by atoms with Crippen molar-refractivity contribution in [3.8, 4) is 5.75 Å². The minimum Gasteiger partial charge on any atom is -0.494 e. The maximum atomic E-state index is 5.81. The summed E-state index contributed by atoms with van der Waals surface area (Å²) < 4.78 is 5.81. The molecule has 1 unspecified atom stereocenters.